The molecule has 1 fully saturated rings. The molecule has 0 saturated carbocycles. The van der Waals surface area contributed by atoms with Crippen molar-refractivity contribution in [3.05, 3.63) is 72.1 Å². The van der Waals surface area contributed by atoms with E-state index >= 15 is 0 Å². The second kappa shape index (κ2) is 7.59. The van der Waals surface area contributed by atoms with Gasteiger partial charge in [0, 0.05) is 31.1 Å². The molecule has 3 aromatic rings. The van der Waals surface area contributed by atoms with Crippen LogP contribution in [0.25, 0.3) is 11.4 Å². The number of nitrogens with zero attached hydrogens (tertiary/aromatic N) is 3. The third-order valence-corrected chi connectivity index (χ3v) is 4.60. The number of hydrogen-bond acceptors (Lipinski definition) is 5. The Balaban J connectivity index is 1.47. The van der Waals surface area contributed by atoms with Gasteiger partial charge in [0.25, 0.3) is 0 Å². The lowest BCUT2D eigenvalue weighted by Gasteiger charge is -2.23. The summed E-state index contributed by atoms with van der Waals surface area (Å²) >= 11 is 0. The molecular formula is C20H21N3O2. The van der Waals surface area contributed by atoms with Crippen LogP contribution in [0.2, 0.25) is 0 Å². The van der Waals surface area contributed by atoms with Crippen LogP contribution in [0.3, 0.4) is 0 Å². The first kappa shape index (κ1) is 16.0. The van der Waals surface area contributed by atoms with Gasteiger partial charge in [-0.3, -0.25) is 4.90 Å². The lowest BCUT2D eigenvalue weighted by Crippen LogP contribution is -2.28. The molecule has 4 rings (SSSR count). The van der Waals surface area contributed by atoms with E-state index in [1.807, 2.05) is 12.1 Å². The Morgan fingerprint density at radius 2 is 1.88 bits per heavy atom. The first-order valence-corrected chi connectivity index (χ1v) is 8.59. The molecule has 1 aromatic heterocycles. The van der Waals surface area contributed by atoms with Gasteiger partial charge in [-0.05, 0) is 11.1 Å². The summed E-state index contributed by atoms with van der Waals surface area (Å²) in [6, 6.07) is 19.0. The van der Waals surface area contributed by atoms with E-state index in [1.54, 1.807) is 0 Å². The van der Waals surface area contributed by atoms with Gasteiger partial charge in [0.05, 0.1) is 13.2 Å². The highest BCUT2D eigenvalue weighted by Gasteiger charge is 2.20. The van der Waals surface area contributed by atoms with Crippen molar-refractivity contribution < 1.29 is 9.26 Å². The van der Waals surface area contributed by atoms with Crippen molar-refractivity contribution in [3.8, 4) is 11.4 Å². The lowest BCUT2D eigenvalue weighted by atomic mass is 9.98. The highest BCUT2D eigenvalue weighted by atomic mass is 16.5. The summed E-state index contributed by atoms with van der Waals surface area (Å²) < 4.78 is 10.7. The molecule has 1 saturated heterocycles. The van der Waals surface area contributed by atoms with Gasteiger partial charge >= 0.3 is 0 Å². The average Bonchev–Trinajstić information content (AvgIpc) is 3.10. The molecule has 0 bridgehead atoms. The van der Waals surface area contributed by atoms with Crippen LogP contribution in [0.5, 0.6) is 0 Å². The Morgan fingerprint density at radius 3 is 2.64 bits per heavy atom. The molecule has 5 nitrogen and oxygen atoms in total. The normalized spacial score (nSPS) is 18.8. The summed E-state index contributed by atoms with van der Waals surface area (Å²) in [7, 11) is 0. The maximum atomic E-state index is 5.85. The van der Waals surface area contributed by atoms with Crippen molar-refractivity contribution in [3.63, 3.8) is 0 Å². The maximum absolute atomic E-state index is 5.85. The van der Waals surface area contributed by atoms with Crippen LogP contribution in [0.15, 0.2) is 65.5 Å². The first-order valence-electron chi connectivity index (χ1n) is 8.59. The number of aromatic nitrogens is 2. The number of benzene rings is 2. The van der Waals surface area contributed by atoms with Crippen LogP contribution in [-0.2, 0) is 11.3 Å². The molecule has 2 aromatic carbocycles. The van der Waals surface area contributed by atoms with Gasteiger partial charge < -0.3 is 9.26 Å². The molecule has 0 aliphatic carbocycles. The van der Waals surface area contributed by atoms with E-state index < -0.39 is 0 Å². The largest absolute Gasteiger partial charge is 0.379 e. The minimum absolute atomic E-state index is 0.366. The second-order valence-electron chi connectivity index (χ2n) is 6.37. The monoisotopic (exact) mass is 335 g/mol. The summed E-state index contributed by atoms with van der Waals surface area (Å²) in [5.74, 6) is 0.986. The van der Waals surface area contributed by atoms with Crippen LogP contribution >= 0.6 is 0 Å². The van der Waals surface area contributed by atoms with Crippen LogP contribution in [-0.4, -0.2) is 41.3 Å². The Bertz CT molecular complexity index is 772. The molecule has 1 aliphatic rings. The molecular weight excluding hydrogens is 314 g/mol. The molecule has 5 heteroatoms. The van der Waals surface area contributed by atoms with E-state index in [0.29, 0.717) is 11.7 Å². The van der Waals surface area contributed by atoms with E-state index in [-0.39, 0.29) is 0 Å². The molecule has 128 valence electrons. The third-order valence-electron chi connectivity index (χ3n) is 4.60. The standard InChI is InChI=1S/C20H21N3O2/c1-2-4-16(5-3-1)12-23-10-11-24-14-19(13-23)17-6-8-18(9-7-17)20-21-15-25-22-20/h1-9,15,19H,10-14H2. The summed E-state index contributed by atoms with van der Waals surface area (Å²) in [6.07, 6.45) is 1.35. The van der Waals surface area contributed by atoms with E-state index in [0.717, 1.165) is 38.4 Å². The molecule has 1 aliphatic heterocycles. The number of ether oxygens (including phenoxy) is 1. The molecule has 0 N–H and O–H groups in total. The third kappa shape index (κ3) is 3.95. The fourth-order valence-corrected chi connectivity index (χ4v) is 3.26. The van der Waals surface area contributed by atoms with Gasteiger partial charge in [-0.15, -0.1) is 0 Å². The molecule has 0 spiro atoms. The zero-order chi connectivity index (χ0) is 16.9. The lowest BCUT2D eigenvalue weighted by molar-refractivity contribution is 0.134. The van der Waals surface area contributed by atoms with Gasteiger partial charge in [-0.1, -0.05) is 59.8 Å². The van der Waals surface area contributed by atoms with Gasteiger partial charge in [-0.25, -0.2) is 0 Å². The van der Waals surface area contributed by atoms with Crippen molar-refractivity contribution in [1.29, 1.82) is 0 Å². The van der Waals surface area contributed by atoms with Crippen molar-refractivity contribution in [2.45, 2.75) is 12.5 Å². The minimum Gasteiger partial charge on any atom is -0.379 e. The highest BCUT2D eigenvalue weighted by molar-refractivity contribution is 5.54. The van der Waals surface area contributed by atoms with Crippen LogP contribution in [0.4, 0.5) is 0 Å². The van der Waals surface area contributed by atoms with E-state index in [9.17, 15) is 0 Å². The van der Waals surface area contributed by atoms with Gasteiger partial charge in [0.2, 0.25) is 12.2 Å². The SMILES string of the molecule is c1ccc(CN2CCOCC(c3ccc(-c4ncon4)cc3)C2)cc1. The number of hydrogen-bond donors (Lipinski definition) is 0. The average molecular weight is 335 g/mol. The Hall–Kier alpha value is -2.50. The Morgan fingerprint density at radius 1 is 1.04 bits per heavy atom. The maximum Gasteiger partial charge on any atom is 0.214 e. The highest BCUT2D eigenvalue weighted by Crippen LogP contribution is 2.24. The zero-order valence-electron chi connectivity index (χ0n) is 14.0. The molecule has 25 heavy (non-hydrogen) atoms. The van der Waals surface area contributed by atoms with Crippen LogP contribution in [0, 0.1) is 0 Å². The fraction of sp³-hybridized carbons (Fsp3) is 0.300. The number of rotatable bonds is 4. The van der Waals surface area contributed by atoms with Gasteiger partial charge in [-0.2, -0.15) is 4.98 Å². The first-order chi connectivity index (χ1) is 12.4. The smallest absolute Gasteiger partial charge is 0.214 e. The molecule has 0 amide bonds. The molecule has 2 heterocycles. The van der Waals surface area contributed by atoms with Gasteiger partial charge in [0.15, 0.2) is 0 Å². The van der Waals surface area contributed by atoms with E-state index in [4.69, 9.17) is 9.26 Å². The summed E-state index contributed by atoms with van der Waals surface area (Å²) in [5.41, 5.74) is 3.59. The minimum atomic E-state index is 0.366. The Kier molecular flexibility index (Phi) is 4.86. The Labute approximate surface area is 147 Å². The van der Waals surface area contributed by atoms with E-state index in [1.165, 1.54) is 17.5 Å². The van der Waals surface area contributed by atoms with Crippen molar-refractivity contribution in [1.82, 2.24) is 15.0 Å². The van der Waals surface area contributed by atoms with Crippen molar-refractivity contribution >= 4 is 0 Å². The summed E-state index contributed by atoms with van der Waals surface area (Å²) in [6.45, 7) is 4.46. The topological polar surface area (TPSA) is 51.4 Å². The van der Waals surface area contributed by atoms with Crippen LogP contribution < -0.4 is 0 Å². The fourth-order valence-electron chi connectivity index (χ4n) is 3.26. The molecule has 1 atom stereocenters. The van der Waals surface area contributed by atoms with Crippen molar-refractivity contribution in [2.24, 2.45) is 0 Å². The van der Waals surface area contributed by atoms with E-state index in [2.05, 4.69) is 57.5 Å². The van der Waals surface area contributed by atoms with Gasteiger partial charge in [0.1, 0.15) is 0 Å². The quantitative estimate of drug-likeness (QED) is 0.732. The summed E-state index contributed by atoms with van der Waals surface area (Å²) in [4.78, 5) is 6.56. The predicted molar refractivity (Wildman–Crippen MR) is 95.0 cm³/mol. The van der Waals surface area contributed by atoms with Crippen LogP contribution in [0.1, 0.15) is 17.0 Å². The second-order valence-corrected chi connectivity index (χ2v) is 6.37. The van der Waals surface area contributed by atoms with Crippen molar-refractivity contribution in [2.75, 3.05) is 26.3 Å². The molecule has 0 radical (unpaired) electrons. The zero-order valence-corrected chi connectivity index (χ0v) is 14.0. The molecule has 1 unspecified atom stereocenters. The summed E-state index contributed by atoms with van der Waals surface area (Å²) in [5, 5.41) is 3.88. The predicted octanol–water partition coefficient (Wildman–Crippen LogP) is 3.35.